The van der Waals surface area contributed by atoms with Crippen molar-refractivity contribution in [2.75, 3.05) is 25.4 Å². The van der Waals surface area contributed by atoms with Gasteiger partial charge in [0.05, 0.1) is 5.39 Å². The van der Waals surface area contributed by atoms with Gasteiger partial charge in [0.1, 0.15) is 16.5 Å². The minimum absolute atomic E-state index is 0.682. The van der Waals surface area contributed by atoms with Crippen molar-refractivity contribution in [3.8, 4) is 0 Å². The predicted octanol–water partition coefficient (Wildman–Crippen LogP) is 4.73. The van der Waals surface area contributed by atoms with Crippen LogP contribution in [0.25, 0.3) is 15.8 Å². The minimum Gasteiger partial charge on any atom is -0.383 e. The molecule has 3 aromatic rings. The van der Waals surface area contributed by atoms with E-state index in [1.165, 1.54) is 28.0 Å². The van der Waals surface area contributed by atoms with Crippen molar-refractivity contribution in [1.29, 1.82) is 0 Å². The van der Waals surface area contributed by atoms with E-state index < -0.39 is 0 Å². The first-order chi connectivity index (χ1) is 14.2. The molecule has 0 spiro atoms. The Labute approximate surface area is 176 Å². The average molecular weight is 405 g/mol. The quantitative estimate of drug-likeness (QED) is 0.683. The Hall–Kier alpha value is -2.24. The van der Waals surface area contributed by atoms with Crippen molar-refractivity contribution in [3.05, 3.63) is 58.2 Å². The Balaban J connectivity index is 1.27. The van der Waals surface area contributed by atoms with Gasteiger partial charge in [-0.2, -0.15) is 0 Å². The molecule has 0 saturated heterocycles. The molecular formula is C24H28N4S. The second kappa shape index (κ2) is 7.88. The average Bonchev–Trinajstić information content (AvgIpc) is 3.11. The number of aromatic nitrogens is 2. The van der Waals surface area contributed by atoms with Gasteiger partial charge in [-0.3, -0.25) is 4.90 Å². The second-order valence-corrected chi connectivity index (χ2v) is 9.54. The number of nitrogens with two attached hydrogens (primary N) is 1. The van der Waals surface area contributed by atoms with E-state index >= 15 is 0 Å². The Bertz CT molecular complexity index is 1050. The lowest BCUT2D eigenvalue weighted by atomic mass is 9.89. The Morgan fingerprint density at radius 2 is 2.03 bits per heavy atom. The molecule has 3 heterocycles. The van der Waals surface area contributed by atoms with E-state index in [0.29, 0.717) is 5.82 Å². The summed E-state index contributed by atoms with van der Waals surface area (Å²) in [4.78, 5) is 14.6. The number of rotatable bonds is 4. The number of benzene rings is 1. The molecule has 0 bridgehead atoms. The second-order valence-electron chi connectivity index (χ2n) is 8.45. The van der Waals surface area contributed by atoms with Gasteiger partial charge in [-0.25, -0.2) is 9.97 Å². The summed E-state index contributed by atoms with van der Waals surface area (Å²) in [6.07, 6.45) is 7.84. The van der Waals surface area contributed by atoms with Crippen LogP contribution in [0.4, 0.5) is 5.82 Å². The van der Waals surface area contributed by atoms with Crippen LogP contribution >= 0.6 is 11.3 Å². The van der Waals surface area contributed by atoms with Gasteiger partial charge in [0.15, 0.2) is 0 Å². The van der Waals surface area contributed by atoms with Gasteiger partial charge in [-0.15, -0.1) is 11.3 Å². The van der Waals surface area contributed by atoms with Gasteiger partial charge >= 0.3 is 0 Å². The number of nitrogens with zero attached hydrogens (tertiary/aromatic N) is 3. The number of aryl methyl sites for hydroxylation is 1. The third-order valence-corrected chi connectivity index (χ3v) is 7.47. The zero-order valence-electron chi connectivity index (χ0n) is 17.0. The summed E-state index contributed by atoms with van der Waals surface area (Å²) in [5, 5.41) is 1.13. The highest BCUT2D eigenvalue weighted by molar-refractivity contribution is 7.19. The molecule has 1 aliphatic carbocycles. The molecule has 1 atom stereocenters. The summed E-state index contributed by atoms with van der Waals surface area (Å²) in [5.41, 5.74) is 10.6. The topological polar surface area (TPSA) is 55.0 Å². The normalized spacial score (nSPS) is 19.9. The Kier molecular flexibility index (Phi) is 5.10. The maximum atomic E-state index is 6.38. The highest BCUT2D eigenvalue weighted by Gasteiger charge is 2.23. The van der Waals surface area contributed by atoms with Crippen LogP contribution in [0.5, 0.6) is 0 Å². The summed E-state index contributed by atoms with van der Waals surface area (Å²) in [6.45, 7) is 5.40. The van der Waals surface area contributed by atoms with Crippen molar-refractivity contribution < 1.29 is 0 Å². The number of hydrogen-bond acceptors (Lipinski definition) is 5. The number of fused-ring (bicyclic) bond motifs is 3. The number of nitrogen functional groups attached to an aromatic ring is 1. The zero-order valence-corrected chi connectivity index (χ0v) is 17.8. The fraction of sp³-hybridized carbons (Fsp3) is 0.417. The van der Waals surface area contributed by atoms with Gasteiger partial charge < -0.3 is 5.73 Å². The van der Waals surface area contributed by atoms with E-state index in [1.807, 2.05) is 11.3 Å². The van der Waals surface area contributed by atoms with Crippen molar-refractivity contribution >= 4 is 32.9 Å². The molecule has 0 saturated carbocycles. The van der Waals surface area contributed by atoms with Gasteiger partial charge in [0.2, 0.25) is 0 Å². The van der Waals surface area contributed by atoms with Gasteiger partial charge in [0, 0.05) is 30.9 Å². The SMILES string of the molecule is C[C@@H]1CCc2c(sc3nc(CCN4CC=C(c5ccccc5)CC4)nc(N)c23)C1. The first kappa shape index (κ1) is 18.8. The molecule has 1 aromatic carbocycles. The van der Waals surface area contributed by atoms with Gasteiger partial charge in [-0.05, 0) is 48.3 Å². The monoisotopic (exact) mass is 404 g/mol. The standard InChI is InChI=1S/C24H28N4S/c1-16-7-8-19-20(15-16)29-24-22(19)23(25)26-21(27-24)11-14-28-12-9-18(10-13-28)17-5-3-2-4-6-17/h2-6,9,16H,7-8,10-15H2,1H3,(H2,25,26,27)/t16-/m1/s1. The fourth-order valence-corrected chi connectivity index (χ4v) is 6.02. The highest BCUT2D eigenvalue weighted by Crippen LogP contribution is 2.39. The number of anilines is 1. The lowest BCUT2D eigenvalue weighted by Gasteiger charge is -2.26. The summed E-state index contributed by atoms with van der Waals surface area (Å²) < 4.78 is 0. The van der Waals surface area contributed by atoms with Crippen molar-refractivity contribution in [1.82, 2.24) is 14.9 Å². The highest BCUT2D eigenvalue weighted by atomic mass is 32.1. The molecule has 0 amide bonds. The molecule has 1 aliphatic heterocycles. The van der Waals surface area contributed by atoms with Crippen LogP contribution in [0.1, 0.15) is 41.6 Å². The van der Waals surface area contributed by atoms with Gasteiger partial charge in [-0.1, -0.05) is 43.3 Å². The summed E-state index contributed by atoms with van der Waals surface area (Å²) in [7, 11) is 0. The van der Waals surface area contributed by atoms with Crippen LogP contribution in [0.3, 0.4) is 0 Å². The fourth-order valence-electron chi connectivity index (χ4n) is 4.62. The van der Waals surface area contributed by atoms with Crippen LogP contribution in [-0.2, 0) is 19.3 Å². The molecule has 2 aliphatic rings. The van der Waals surface area contributed by atoms with Crippen LogP contribution < -0.4 is 5.73 Å². The molecule has 0 fully saturated rings. The zero-order chi connectivity index (χ0) is 19.8. The lowest BCUT2D eigenvalue weighted by molar-refractivity contribution is 0.304. The van der Waals surface area contributed by atoms with E-state index in [0.717, 1.165) is 67.3 Å². The van der Waals surface area contributed by atoms with Crippen molar-refractivity contribution in [2.45, 2.75) is 39.0 Å². The van der Waals surface area contributed by atoms with Crippen LogP contribution in [0.15, 0.2) is 36.4 Å². The number of hydrogen-bond donors (Lipinski definition) is 1. The maximum absolute atomic E-state index is 6.38. The lowest BCUT2D eigenvalue weighted by Crippen LogP contribution is -2.30. The molecule has 5 rings (SSSR count). The first-order valence-electron chi connectivity index (χ1n) is 10.7. The Morgan fingerprint density at radius 3 is 2.83 bits per heavy atom. The first-order valence-corrected chi connectivity index (χ1v) is 11.5. The van der Waals surface area contributed by atoms with Crippen LogP contribution in [0, 0.1) is 5.92 Å². The molecular weight excluding hydrogens is 376 g/mol. The summed E-state index contributed by atoms with van der Waals surface area (Å²) in [5.74, 6) is 2.33. The predicted molar refractivity (Wildman–Crippen MR) is 122 cm³/mol. The molecule has 0 radical (unpaired) electrons. The van der Waals surface area contributed by atoms with Crippen LogP contribution in [0.2, 0.25) is 0 Å². The van der Waals surface area contributed by atoms with E-state index in [9.17, 15) is 0 Å². The minimum atomic E-state index is 0.682. The molecule has 2 N–H and O–H groups in total. The third kappa shape index (κ3) is 3.81. The summed E-state index contributed by atoms with van der Waals surface area (Å²) >= 11 is 1.84. The van der Waals surface area contributed by atoms with E-state index in [-0.39, 0.29) is 0 Å². The molecule has 5 heteroatoms. The van der Waals surface area contributed by atoms with E-state index in [4.69, 9.17) is 10.7 Å². The van der Waals surface area contributed by atoms with E-state index in [1.54, 1.807) is 0 Å². The maximum Gasteiger partial charge on any atom is 0.136 e. The number of thiophene rings is 1. The van der Waals surface area contributed by atoms with E-state index in [2.05, 4.69) is 53.2 Å². The summed E-state index contributed by atoms with van der Waals surface area (Å²) in [6, 6.07) is 10.7. The molecule has 2 aromatic heterocycles. The molecule has 0 unspecified atom stereocenters. The van der Waals surface area contributed by atoms with Crippen LogP contribution in [-0.4, -0.2) is 34.5 Å². The largest absolute Gasteiger partial charge is 0.383 e. The third-order valence-electron chi connectivity index (χ3n) is 6.32. The molecule has 4 nitrogen and oxygen atoms in total. The Morgan fingerprint density at radius 1 is 1.17 bits per heavy atom. The van der Waals surface area contributed by atoms with Gasteiger partial charge in [0.25, 0.3) is 0 Å². The molecule has 29 heavy (non-hydrogen) atoms. The molecule has 150 valence electrons. The van der Waals surface area contributed by atoms with Crippen molar-refractivity contribution in [3.63, 3.8) is 0 Å². The smallest absolute Gasteiger partial charge is 0.136 e. The van der Waals surface area contributed by atoms with Crippen molar-refractivity contribution in [2.24, 2.45) is 5.92 Å².